The quantitative estimate of drug-likeness (QED) is 0.878. The maximum atomic E-state index is 12.2. The van der Waals surface area contributed by atoms with Gasteiger partial charge in [-0.2, -0.15) is 0 Å². The summed E-state index contributed by atoms with van der Waals surface area (Å²) in [6.45, 7) is 4.99. The Morgan fingerprint density at radius 2 is 1.87 bits per heavy atom. The van der Waals surface area contributed by atoms with E-state index in [0.717, 1.165) is 25.1 Å². The van der Waals surface area contributed by atoms with E-state index in [-0.39, 0.29) is 36.1 Å². The molecule has 2 rings (SSSR count). The summed E-state index contributed by atoms with van der Waals surface area (Å²) < 4.78 is 40.0. The minimum Gasteiger partial charge on any atom is -0.406 e. The molecule has 1 aromatic rings. The Kier molecular flexibility index (Phi) is 6.70. The topological polar surface area (TPSA) is 50.4 Å². The summed E-state index contributed by atoms with van der Waals surface area (Å²) in [5.74, 6) is -0.302. The van der Waals surface area contributed by atoms with Crippen LogP contribution in [0.15, 0.2) is 24.3 Å². The van der Waals surface area contributed by atoms with Crippen LogP contribution in [0.2, 0.25) is 0 Å². The van der Waals surface area contributed by atoms with Crippen molar-refractivity contribution in [3.63, 3.8) is 0 Å². The van der Waals surface area contributed by atoms with Gasteiger partial charge in [0.25, 0.3) is 5.91 Å². The molecule has 1 fully saturated rings. The van der Waals surface area contributed by atoms with E-state index < -0.39 is 6.36 Å². The zero-order valence-electron chi connectivity index (χ0n) is 12.8. The molecular formula is C15H20ClF3N2O2. The summed E-state index contributed by atoms with van der Waals surface area (Å²) in [7, 11) is 0. The normalized spacial score (nSPS) is 24.5. The lowest BCUT2D eigenvalue weighted by Crippen LogP contribution is -2.55. The zero-order chi connectivity index (χ0) is 16.3. The van der Waals surface area contributed by atoms with Gasteiger partial charge in [-0.3, -0.25) is 4.79 Å². The number of amides is 1. The molecule has 0 radical (unpaired) electrons. The highest BCUT2D eigenvalue weighted by molar-refractivity contribution is 5.94. The summed E-state index contributed by atoms with van der Waals surface area (Å²) in [4.78, 5) is 12.2. The summed E-state index contributed by atoms with van der Waals surface area (Å²) >= 11 is 0. The van der Waals surface area contributed by atoms with Gasteiger partial charge in [0, 0.05) is 17.6 Å². The molecule has 0 bridgehead atoms. The van der Waals surface area contributed by atoms with Gasteiger partial charge in [0.15, 0.2) is 0 Å². The maximum Gasteiger partial charge on any atom is 0.573 e. The molecule has 3 unspecified atom stereocenters. The van der Waals surface area contributed by atoms with Crippen LogP contribution < -0.4 is 15.4 Å². The molecule has 0 saturated carbocycles. The number of hydrogen-bond donors (Lipinski definition) is 2. The van der Waals surface area contributed by atoms with Crippen molar-refractivity contribution in [2.75, 3.05) is 6.54 Å². The molecule has 23 heavy (non-hydrogen) atoms. The SMILES string of the molecule is CC1CCNC(C)C1NC(=O)c1ccc(OC(F)(F)F)cc1.Cl. The molecule has 0 aliphatic carbocycles. The summed E-state index contributed by atoms with van der Waals surface area (Å²) in [5.41, 5.74) is 0.305. The smallest absolute Gasteiger partial charge is 0.406 e. The molecule has 2 N–H and O–H groups in total. The van der Waals surface area contributed by atoms with E-state index in [1.165, 1.54) is 12.1 Å². The van der Waals surface area contributed by atoms with E-state index >= 15 is 0 Å². The number of ether oxygens (including phenoxy) is 1. The molecule has 1 aliphatic rings. The fourth-order valence-corrected chi connectivity index (χ4v) is 2.65. The van der Waals surface area contributed by atoms with Crippen LogP contribution in [0.1, 0.15) is 30.6 Å². The highest BCUT2D eigenvalue weighted by Gasteiger charge is 2.31. The number of alkyl halides is 3. The van der Waals surface area contributed by atoms with E-state index in [0.29, 0.717) is 11.5 Å². The van der Waals surface area contributed by atoms with Crippen LogP contribution in [0.5, 0.6) is 5.75 Å². The molecule has 130 valence electrons. The highest BCUT2D eigenvalue weighted by Crippen LogP contribution is 2.23. The Balaban J connectivity index is 0.00000264. The van der Waals surface area contributed by atoms with Crippen LogP contribution in [0.3, 0.4) is 0 Å². The number of carbonyl (C=O) groups excluding carboxylic acids is 1. The Labute approximate surface area is 139 Å². The second-order valence-corrected chi connectivity index (χ2v) is 5.58. The van der Waals surface area contributed by atoms with Gasteiger partial charge in [-0.15, -0.1) is 25.6 Å². The van der Waals surface area contributed by atoms with Crippen LogP contribution in [0, 0.1) is 5.92 Å². The van der Waals surface area contributed by atoms with E-state index in [2.05, 4.69) is 22.3 Å². The van der Waals surface area contributed by atoms with Gasteiger partial charge in [0.2, 0.25) is 0 Å². The fourth-order valence-electron chi connectivity index (χ4n) is 2.65. The summed E-state index contributed by atoms with van der Waals surface area (Å²) in [5, 5.41) is 6.23. The molecule has 1 amide bonds. The predicted octanol–water partition coefficient (Wildman–Crippen LogP) is 3.12. The lowest BCUT2D eigenvalue weighted by molar-refractivity contribution is -0.274. The first-order valence-corrected chi connectivity index (χ1v) is 7.16. The molecule has 8 heteroatoms. The second-order valence-electron chi connectivity index (χ2n) is 5.58. The van der Waals surface area contributed by atoms with Crippen molar-refractivity contribution in [1.29, 1.82) is 0 Å². The van der Waals surface area contributed by atoms with Crippen molar-refractivity contribution in [2.24, 2.45) is 5.92 Å². The number of rotatable bonds is 3. The van der Waals surface area contributed by atoms with Crippen molar-refractivity contribution >= 4 is 18.3 Å². The first-order chi connectivity index (χ1) is 10.3. The Bertz CT molecular complexity index is 512. The lowest BCUT2D eigenvalue weighted by Gasteiger charge is -2.36. The van der Waals surface area contributed by atoms with Crippen LogP contribution >= 0.6 is 12.4 Å². The molecule has 1 heterocycles. The van der Waals surface area contributed by atoms with Crippen LogP contribution in [-0.2, 0) is 0 Å². The molecule has 1 aliphatic heterocycles. The minimum absolute atomic E-state index is 0. The third-order valence-corrected chi connectivity index (χ3v) is 3.87. The van der Waals surface area contributed by atoms with Crippen LogP contribution in [-0.4, -0.2) is 30.9 Å². The maximum absolute atomic E-state index is 12.2. The monoisotopic (exact) mass is 352 g/mol. The summed E-state index contributed by atoms with van der Waals surface area (Å²) in [6, 6.07) is 5.06. The Morgan fingerprint density at radius 3 is 2.39 bits per heavy atom. The third kappa shape index (κ3) is 5.58. The first kappa shape index (κ1) is 19.6. The fraction of sp³-hybridized carbons (Fsp3) is 0.533. The number of hydrogen-bond acceptors (Lipinski definition) is 3. The molecule has 3 atom stereocenters. The third-order valence-electron chi connectivity index (χ3n) is 3.87. The standard InChI is InChI=1S/C15H19F3N2O2.ClH/c1-9-7-8-19-10(2)13(9)20-14(21)11-3-5-12(6-4-11)22-15(16,17)18;/h3-6,9-10,13,19H,7-8H2,1-2H3,(H,20,21);1H. The zero-order valence-corrected chi connectivity index (χ0v) is 13.6. The van der Waals surface area contributed by atoms with E-state index in [9.17, 15) is 18.0 Å². The lowest BCUT2D eigenvalue weighted by atomic mass is 9.89. The van der Waals surface area contributed by atoms with Crippen LogP contribution in [0.25, 0.3) is 0 Å². The Morgan fingerprint density at radius 1 is 1.26 bits per heavy atom. The number of carbonyl (C=O) groups is 1. The average Bonchev–Trinajstić information content (AvgIpc) is 2.42. The predicted molar refractivity (Wildman–Crippen MR) is 82.9 cm³/mol. The first-order valence-electron chi connectivity index (χ1n) is 7.16. The van der Waals surface area contributed by atoms with Gasteiger partial charge in [-0.25, -0.2) is 0 Å². The van der Waals surface area contributed by atoms with E-state index in [1.807, 2.05) is 6.92 Å². The highest BCUT2D eigenvalue weighted by atomic mass is 35.5. The van der Waals surface area contributed by atoms with Gasteiger partial charge >= 0.3 is 6.36 Å². The average molecular weight is 353 g/mol. The van der Waals surface area contributed by atoms with Gasteiger partial charge in [-0.05, 0) is 50.1 Å². The molecule has 0 aromatic heterocycles. The number of nitrogens with one attached hydrogen (secondary N) is 2. The minimum atomic E-state index is -4.73. The van der Waals surface area contributed by atoms with Crippen LogP contribution in [0.4, 0.5) is 13.2 Å². The van der Waals surface area contributed by atoms with Crippen molar-refractivity contribution in [3.05, 3.63) is 29.8 Å². The van der Waals surface area contributed by atoms with E-state index in [4.69, 9.17) is 0 Å². The number of benzene rings is 1. The van der Waals surface area contributed by atoms with Gasteiger partial charge in [0.05, 0.1) is 0 Å². The van der Waals surface area contributed by atoms with Gasteiger partial charge < -0.3 is 15.4 Å². The largest absolute Gasteiger partial charge is 0.573 e. The molecule has 4 nitrogen and oxygen atoms in total. The molecule has 1 aromatic carbocycles. The Hall–Kier alpha value is -1.47. The van der Waals surface area contributed by atoms with Crippen molar-refractivity contribution < 1.29 is 22.7 Å². The van der Waals surface area contributed by atoms with Gasteiger partial charge in [0.1, 0.15) is 5.75 Å². The number of piperidine rings is 1. The molecular weight excluding hydrogens is 333 g/mol. The molecule has 0 spiro atoms. The second kappa shape index (κ2) is 7.88. The number of halogens is 4. The van der Waals surface area contributed by atoms with E-state index in [1.54, 1.807) is 0 Å². The molecule has 1 saturated heterocycles. The van der Waals surface area contributed by atoms with Gasteiger partial charge in [-0.1, -0.05) is 6.92 Å². The summed E-state index contributed by atoms with van der Waals surface area (Å²) in [6.07, 6.45) is -3.77. The van der Waals surface area contributed by atoms with Crippen molar-refractivity contribution in [3.8, 4) is 5.75 Å². The van der Waals surface area contributed by atoms with Crippen molar-refractivity contribution in [1.82, 2.24) is 10.6 Å². The van der Waals surface area contributed by atoms with Crippen molar-refractivity contribution in [2.45, 2.75) is 38.7 Å².